The number of benzene rings is 3. The predicted molar refractivity (Wildman–Crippen MR) is 155 cm³/mol. The second kappa shape index (κ2) is 15.9. The minimum absolute atomic E-state index is 0.0201. The molecule has 0 saturated heterocycles. The molecule has 3 aromatic rings. The maximum absolute atomic E-state index is 14.7. The van der Waals surface area contributed by atoms with Gasteiger partial charge < -0.3 is 25.7 Å². The van der Waals surface area contributed by atoms with Crippen molar-refractivity contribution < 1.29 is 27.8 Å². The summed E-state index contributed by atoms with van der Waals surface area (Å²) in [7, 11) is 0. The van der Waals surface area contributed by atoms with Crippen LogP contribution in [0, 0.1) is 11.3 Å². The van der Waals surface area contributed by atoms with Crippen LogP contribution in [0.15, 0.2) is 72.8 Å². The Kier molecular flexibility index (Phi) is 12.0. The van der Waals surface area contributed by atoms with Crippen LogP contribution >= 0.6 is 0 Å². The number of rotatable bonds is 16. The number of nitrogens with two attached hydrogens (primary N) is 2. The summed E-state index contributed by atoms with van der Waals surface area (Å²) in [6.07, 6.45) is 4.56. The molecule has 0 atom stereocenters. The number of carbonyl (C=O) groups is 1. The molecular formula is C32H35F2N3O4. The molecule has 0 radical (unpaired) electrons. The van der Waals surface area contributed by atoms with E-state index in [0.717, 1.165) is 37.7 Å². The number of nitriles is 1. The standard InChI is InChI=1S/C32H35F2N3O4/c33-32(34,26-12-17-28(18-13-26)39-21-6-2-4-20-35)41-29-15-8-24(9-16-29)10-19-31(38)40-22-5-1-3-7-25-11-14-27(36)23-30(25)37/h8-19,23H,1-7,21-22,36-37H2/b19-10+. The van der Waals surface area contributed by atoms with Gasteiger partial charge in [0.1, 0.15) is 11.5 Å². The minimum Gasteiger partial charge on any atom is -0.494 e. The molecule has 41 heavy (non-hydrogen) atoms. The monoisotopic (exact) mass is 563 g/mol. The lowest BCUT2D eigenvalue weighted by Crippen LogP contribution is -2.21. The van der Waals surface area contributed by atoms with Crippen LogP contribution in [0.1, 0.15) is 55.2 Å². The van der Waals surface area contributed by atoms with Crippen molar-refractivity contribution in [2.24, 2.45) is 0 Å². The Balaban J connectivity index is 1.37. The van der Waals surface area contributed by atoms with Gasteiger partial charge in [-0.2, -0.15) is 14.0 Å². The summed E-state index contributed by atoms with van der Waals surface area (Å²) in [5.74, 6) is -0.0290. The lowest BCUT2D eigenvalue weighted by Gasteiger charge is -2.18. The highest BCUT2D eigenvalue weighted by atomic mass is 19.3. The van der Waals surface area contributed by atoms with E-state index in [9.17, 15) is 13.6 Å². The van der Waals surface area contributed by atoms with Crippen molar-refractivity contribution in [2.45, 2.75) is 51.1 Å². The van der Waals surface area contributed by atoms with Crippen molar-refractivity contribution >= 4 is 23.4 Å². The molecule has 0 fully saturated rings. The molecule has 0 bridgehead atoms. The van der Waals surface area contributed by atoms with Gasteiger partial charge >= 0.3 is 12.1 Å². The molecule has 0 spiro atoms. The number of alkyl halides is 2. The molecule has 0 saturated carbocycles. The third-order valence-electron chi connectivity index (χ3n) is 6.18. The van der Waals surface area contributed by atoms with Crippen LogP contribution in [0.2, 0.25) is 0 Å². The van der Waals surface area contributed by atoms with Crippen LogP contribution in [0.25, 0.3) is 6.08 Å². The Morgan fingerprint density at radius 3 is 2.29 bits per heavy atom. The fourth-order valence-corrected chi connectivity index (χ4v) is 3.92. The second-order valence-corrected chi connectivity index (χ2v) is 9.45. The Morgan fingerprint density at radius 1 is 0.878 bits per heavy atom. The van der Waals surface area contributed by atoms with Crippen LogP contribution in [0.3, 0.4) is 0 Å². The summed E-state index contributed by atoms with van der Waals surface area (Å²) in [4.78, 5) is 12.0. The molecular weight excluding hydrogens is 528 g/mol. The number of unbranched alkanes of at least 4 members (excludes halogenated alkanes) is 4. The number of nitrogens with zero attached hydrogens (tertiary/aromatic N) is 1. The third kappa shape index (κ3) is 10.8. The average Bonchev–Trinajstić information content (AvgIpc) is 2.95. The van der Waals surface area contributed by atoms with E-state index < -0.39 is 12.1 Å². The summed E-state index contributed by atoms with van der Waals surface area (Å²) in [6.45, 7) is 0.715. The second-order valence-electron chi connectivity index (χ2n) is 9.45. The highest BCUT2D eigenvalue weighted by molar-refractivity contribution is 5.87. The number of hydrogen-bond acceptors (Lipinski definition) is 7. The number of carbonyl (C=O) groups excluding carboxylic acids is 1. The van der Waals surface area contributed by atoms with Gasteiger partial charge in [0.25, 0.3) is 0 Å². The average molecular weight is 564 g/mol. The van der Waals surface area contributed by atoms with E-state index in [1.807, 2.05) is 12.1 Å². The molecule has 216 valence electrons. The summed E-state index contributed by atoms with van der Waals surface area (Å²) in [6, 6.07) is 19.0. The van der Waals surface area contributed by atoms with Crippen LogP contribution in [-0.2, 0) is 22.1 Å². The zero-order chi connectivity index (χ0) is 29.5. The normalized spacial score (nSPS) is 11.2. The number of anilines is 2. The smallest absolute Gasteiger partial charge is 0.426 e. The van der Waals surface area contributed by atoms with Crippen molar-refractivity contribution in [3.05, 3.63) is 89.5 Å². The number of hydrogen-bond donors (Lipinski definition) is 2. The molecule has 3 aromatic carbocycles. The summed E-state index contributed by atoms with van der Waals surface area (Å²) in [5, 5.41) is 8.54. The molecule has 9 heteroatoms. The van der Waals surface area contributed by atoms with Crippen molar-refractivity contribution in [2.75, 3.05) is 24.7 Å². The Labute approximate surface area is 239 Å². The van der Waals surface area contributed by atoms with E-state index in [0.29, 0.717) is 48.7 Å². The van der Waals surface area contributed by atoms with E-state index in [1.165, 1.54) is 42.5 Å². The quantitative estimate of drug-likeness (QED) is 0.0831. The minimum atomic E-state index is -3.55. The van der Waals surface area contributed by atoms with Crippen LogP contribution in [0.5, 0.6) is 11.5 Å². The lowest BCUT2D eigenvalue weighted by molar-refractivity contribution is -0.185. The number of aryl methyl sites for hydroxylation is 1. The van der Waals surface area contributed by atoms with Gasteiger partial charge in [0.2, 0.25) is 0 Å². The van der Waals surface area contributed by atoms with Crippen LogP contribution in [-0.4, -0.2) is 19.2 Å². The Hall–Kier alpha value is -4.58. The summed E-state index contributed by atoms with van der Waals surface area (Å²) >= 11 is 0. The van der Waals surface area contributed by atoms with Crippen molar-refractivity contribution in [3.8, 4) is 17.6 Å². The molecule has 0 amide bonds. The van der Waals surface area contributed by atoms with Gasteiger partial charge in [-0.25, -0.2) is 4.79 Å². The molecule has 0 aliphatic heterocycles. The van der Waals surface area contributed by atoms with E-state index in [4.69, 9.17) is 30.9 Å². The van der Waals surface area contributed by atoms with E-state index in [-0.39, 0.29) is 11.3 Å². The fraction of sp³-hybridized carbons (Fsp3) is 0.312. The highest BCUT2D eigenvalue weighted by Gasteiger charge is 2.34. The fourth-order valence-electron chi connectivity index (χ4n) is 3.92. The molecule has 0 aliphatic carbocycles. The van der Waals surface area contributed by atoms with Crippen LogP contribution < -0.4 is 20.9 Å². The lowest BCUT2D eigenvalue weighted by atomic mass is 10.0. The highest BCUT2D eigenvalue weighted by Crippen LogP contribution is 2.32. The van der Waals surface area contributed by atoms with Crippen molar-refractivity contribution in [3.63, 3.8) is 0 Å². The van der Waals surface area contributed by atoms with Gasteiger partial charge in [0, 0.05) is 23.9 Å². The van der Waals surface area contributed by atoms with E-state index >= 15 is 0 Å². The third-order valence-corrected chi connectivity index (χ3v) is 6.18. The van der Waals surface area contributed by atoms with Crippen molar-refractivity contribution in [1.29, 1.82) is 5.26 Å². The van der Waals surface area contributed by atoms with Gasteiger partial charge in [0.05, 0.1) is 24.8 Å². The first kappa shape index (κ1) is 31.0. The van der Waals surface area contributed by atoms with Gasteiger partial charge in [-0.05, 0) is 104 Å². The van der Waals surface area contributed by atoms with E-state index in [2.05, 4.69) is 6.07 Å². The maximum Gasteiger partial charge on any atom is 0.426 e. The predicted octanol–water partition coefficient (Wildman–Crippen LogP) is 7.02. The maximum atomic E-state index is 14.7. The molecule has 0 aliphatic rings. The number of ether oxygens (including phenoxy) is 3. The first-order chi connectivity index (χ1) is 19.8. The first-order valence-corrected chi connectivity index (χ1v) is 13.5. The molecule has 7 nitrogen and oxygen atoms in total. The molecule has 0 unspecified atom stereocenters. The van der Waals surface area contributed by atoms with Crippen molar-refractivity contribution in [1.82, 2.24) is 0 Å². The summed E-state index contributed by atoms with van der Waals surface area (Å²) in [5.41, 5.74) is 14.4. The Morgan fingerprint density at radius 2 is 1.59 bits per heavy atom. The summed E-state index contributed by atoms with van der Waals surface area (Å²) < 4.78 is 45.0. The molecule has 0 heterocycles. The SMILES string of the molecule is N#CCCCCOc1ccc(C(F)(F)Oc2ccc(/C=C/C(=O)OCCCCCc3ccc(N)cc3N)cc2)cc1. The largest absolute Gasteiger partial charge is 0.494 e. The van der Waals surface area contributed by atoms with Gasteiger partial charge in [-0.15, -0.1) is 0 Å². The topological polar surface area (TPSA) is 121 Å². The van der Waals surface area contributed by atoms with Gasteiger partial charge in [-0.3, -0.25) is 0 Å². The molecule has 4 N–H and O–H groups in total. The zero-order valence-electron chi connectivity index (χ0n) is 22.9. The first-order valence-electron chi connectivity index (χ1n) is 13.5. The number of esters is 1. The molecule has 0 aromatic heterocycles. The zero-order valence-corrected chi connectivity index (χ0v) is 22.9. The Bertz CT molecular complexity index is 1320. The molecule has 3 rings (SSSR count). The van der Waals surface area contributed by atoms with Gasteiger partial charge in [-0.1, -0.05) is 18.2 Å². The number of halogens is 2. The van der Waals surface area contributed by atoms with Gasteiger partial charge in [0.15, 0.2) is 0 Å². The number of nitrogen functional groups attached to an aromatic ring is 2. The van der Waals surface area contributed by atoms with E-state index in [1.54, 1.807) is 24.3 Å². The van der Waals surface area contributed by atoms with Crippen LogP contribution in [0.4, 0.5) is 20.2 Å².